The first kappa shape index (κ1) is 9.05. The van der Waals surface area contributed by atoms with Crippen LogP contribution in [0.2, 0.25) is 0 Å². The van der Waals surface area contributed by atoms with E-state index in [2.05, 4.69) is 20.8 Å². The van der Waals surface area contributed by atoms with Gasteiger partial charge in [-0.2, -0.15) is 0 Å². The van der Waals surface area contributed by atoms with Gasteiger partial charge in [0.25, 0.3) is 0 Å². The lowest BCUT2D eigenvalue weighted by molar-refractivity contribution is 0.178. The van der Waals surface area contributed by atoms with E-state index in [0.717, 1.165) is 17.8 Å². The summed E-state index contributed by atoms with van der Waals surface area (Å²) in [6.07, 6.45) is 3.94. The maximum atomic E-state index is 6.10. The molecule has 0 aliphatic heterocycles. The van der Waals surface area contributed by atoms with E-state index in [0.29, 0.717) is 6.04 Å². The highest BCUT2D eigenvalue weighted by molar-refractivity contribution is 4.84. The van der Waals surface area contributed by atoms with Crippen molar-refractivity contribution >= 4 is 0 Å². The van der Waals surface area contributed by atoms with Gasteiger partial charge in [0, 0.05) is 6.04 Å². The molecule has 0 radical (unpaired) electrons. The molecule has 4 atom stereocenters. The van der Waals surface area contributed by atoms with E-state index in [1.54, 1.807) is 0 Å². The Morgan fingerprint density at radius 2 is 1.91 bits per heavy atom. The first-order valence-electron chi connectivity index (χ1n) is 4.90. The van der Waals surface area contributed by atoms with Gasteiger partial charge in [0.15, 0.2) is 0 Å². The zero-order valence-corrected chi connectivity index (χ0v) is 8.01. The van der Waals surface area contributed by atoms with Crippen LogP contribution < -0.4 is 5.73 Å². The highest BCUT2D eigenvalue weighted by Gasteiger charge is 2.29. The number of rotatable bonds is 1. The average Bonchev–Trinajstić information content (AvgIpc) is 1.96. The molecule has 0 aromatic carbocycles. The molecule has 11 heavy (non-hydrogen) atoms. The average molecular weight is 155 g/mol. The Hall–Kier alpha value is -0.0400. The standard InChI is InChI=1S/C10H21N/c1-4-9-6-7(2)5-8(3)10(9)11/h7-10H,4-6,11H2,1-3H3/t7?,8?,9?,10-/m0/s1. The topological polar surface area (TPSA) is 26.0 Å². The van der Waals surface area contributed by atoms with Gasteiger partial charge in [-0.3, -0.25) is 0 Å². The van der Waals surface area contributed by atoms with E-state index >= 15 is 0 Å². The van der Waals surface area contributed by atoms with Gasteiger partial charge >= 0.3 is 0 Å². The zero-order chi connectivity index (χ0) is 8.43. The van der Waals surface area contributed by atoms with E-state index in [-0.39, 0.29) is 0 Å². The maximum absolute atomic E-state index is 6.10. The van der Waals surface area contributed by atoms with Crippen molar-refractivity contribution in [2.75, 3.05) is 0 Å². The lowest BCUT2D eigenvalue weighted by atomic mass is 9.72. The lowest BCUT2D eigenvalue weighted by Crippen LogP contribution is -2.41. The summed E-state index contributed by atoms with van der Waals surface area (Å²) in [5.41, 5.74) is 6.10. The Kier molecular flexibility index (Phi) is 2.94. The van der Waals surface area contributed by atoms with Crippen LogP contribution in [0.4, 0.5) is 0 Å². The van der Waals surface area contributed by atoms with Crippen molar-refractivity contribution < 1.29 is 0 Å². The van der Waals surface area contributed by atoms with Gasteiger partial charge in [-0.25, -0.2) is 0 Å². The molecule has 0 amide bonds. The normalized spacial score (nSPS) is 45.8. The van der Waals surface area contributed by atoms with Crippen molar-refractivity contribution in [3.05, 3.63) is 0 Å². The molecule has 0 aromatic heterocycles. The van der Waals surface area contributed by atoms with E-state index in [1.807, 2.05) is 0 Å². The second-order valence-electron chi connectivity index (χ2n) is 4.30. The summed E-state index contributed by atoms with van der Waals surface area (Å²) in [6.45, 7) is 6.91. The van der Waals surface area contributed by atoms with Gasteiger partial charge in [-0.05, 0) is 30.6 Å². The predicted molar refractivity (Wildman–Crippen MR) is 49.3 cm³/mol. The second kappa shape index (κ2) is 3.57. The zero-order valence-electron chi connectivity index (χ0n) is 8.01. The molecule has 0 spiro atoms. The minimum atomic E-state index is 0.469. The van der Waals surface area contributed by atoms with Crippen LogP contribution in [-0.4, -0.2) is 6.04 Å². The van der Waals surface area contributed by atoms with Gasteiger partial charge in [-0.1, -0.05) is 27.2 Å². The molecule has 1 rings (SSSR count). The Balaban J connectivity index is 2.51. The first-order valence-corrected chi connectivity index (χ1v) is 4.90. The molecule has 0 aromatic rings. The van der Waals surface area contributed by atoms with Crippen LogP contribution in [0.15, 0.2) is 0 Å². The summed E-state index contributed by atoms with van der Waals surface area (Å²) < 4.78 is 0. The molecule has 0 heterocycles. The summed E-state index contributed by atoms with van der Waals surface area (Å²) in [4.78, 5) is 0. The van der Waals surface area contributed by atoms with Crippen molar-refractivity contribution in [1.82, 2.24) is 0 Å². The quantitative estimate of drug-likeness (QED) is 0.618. The first-order chi connectivity index (χ1) is 5.15. The Morgan fingerprint density at radius 3 is 2.45 bits per heavy atom. The van der Waals surface area contributed by atoms with Gasteiger partial charge in [-0.15, -0.1) is 0 Å². The molecule has 1 aliphatic carbocycles. The fourth-order valence-electron chi connectivity index (χ4n) is 2.47. The SMILES string of the molecule is CCC1CC(C)CC(C)[C@@H]1N. The molecule has 1 fully saturated rings. The van der Waals surface area contributed by atoms with Crippen molar-refractivity contribution in [2.45, 2.75) is 46.1 Å². The van der Waals surface area contributed by atoms with Gasteiger partial charge in [0.1, 0.15) is 0 Å². The summed E-state index contributed by atoms with van der Waals surface area (Å²) >= 11 is 0. The van der Waals surface area contributed by atoms with Crippen molar-refractivity contribution in [1.29, 1.82) is 0 Å². The molecule has 1 saturated carbocycles. The molecule has 2 N–H and O–H groups in total. The van der Waals surface area contributed by atoms with Crippen molar-refractivity contribution in [3.8, 4) is 0 Å². The monoisotopic (exact) mass is 155 g/mol. The van der Waals surface area contributed by atoms with E-state index < -0.39 is 0 Å². The molecule has 3 unspecified atom stereocenters. The van der Waals surface area contributed by atoms with Crippen LogP contribution in [0.3, 0.4) is 0 Å². The molecule has 1 aliphatic rings. The van der Waals surface area contributed by atoms with Gasteiger partial charge in [0.2, 0.25) is 0 Å². The summed E-state index contributed by atoms with van der Waals surface area (Å²) in [5, 5.41) is 0. The van der Waals surface area contributed by atoms with Gasteiger partial charge in [0.05, 0.1) is 0 Å². The number of hydrogen-bond acceptors (Lipinski definition) is 1. The van der Waals surface area contributed by atoms with Crippen LogP contribution in [0.25, 0.3) is 0 Å². The summed E-state index contributed by atoms with van der Waals surface area (Å²) in [5.74, 6) is 2.42. The van der Waals surface area contributed by atoms with E-state index in [4.69, 9.17) is 5.73 Å². The molecular formula is C10H21N. The number of hydrogen-bond donors (Lipinski definition) is 1. The van der Waals surface area contributed by atoms with Crippen LogP contribution >= 0.6 is 0 Å². The molecule has 1 heteroatoms. The van der Waals surface area contributed by atoms with Crippen LogP contribution in [0.5, 0.6) is 0 Å². The smallest absolute Gasteiger partial charge is 0.00930 e. The van der Waals surface area contributed by atoms with Crippen LogP contribution in [-0.2, 0) is 0 Å². The second-order valence-corrected chi connectivity index (χ2v) is 4.30. The number of nitrogens with two attached hydrogens (primary N) is 1. The fraction of sp³-hybridized carbons (Fsp3) is 1.00. The van der Waals surface area contributed by atoms with E-state index in [1.165, 1.54) is 19.3 Å². The molecule has 66 valence electrons. The minimum absolute atomic E-state index is 0.469. The van der Waals surface area contributed by atoms with Gasteiger partial charge < -0.3 is 5.73 Å². The van der Waals surface area contributed by atoms with Crippen LogP contribution in [0.1, 0.15) is 40.0 Å². The Morgan fingerprint density at radius 1 is 1.27 bits per heavy atom. The molecule has 0 saturated heterocycles. The molecule has 0 bridgehead atoms. The molecule has 1 nitrogen and oxygen atoms in total. The molecular weight excluding hydrogens is 134 g/mol. The van der Waals surface area contributed by atoms with E-state index in [9.17, 15) is 0 Å². The highest BCUT2D eigenvalue weighted by Crippen LogP contribution is 2.33. The highest BCUT2D eigenvalue weighted by atomic mass is 14.7. The third-order valence-corrected chi connectivity index (χ3v) is 3.21. The Bertz CT molecular complexity index is 122. The fourth-order valence-corrected chi connectivity index (χ4v) is 2.47. The summed E-state index contributed by atoms with van der Waals surface area (Å²) in [7, 11) is 0. The lowest BCUT2D eigenvalue weighted by Gasteiger charge is -2.36. The third-order valence-electron chi connectivity index (χ3n) is 3.21. The Labute approximate surface area is 70.4 Å². The summed E-state index contributed by atoms with van der Waals surface area (Å²) in [6, 6.07) is 0.469. The third kappa shape index (κ3) is 1.96. The largest absolute Gasteiger partial charge is 0.327 e. The van der Waals surface area contributed by atoms with Crippen molar-refractivity contribution in [2.24, 2.45) is 23.5 Å². The minimum Gasteiger partial charge on any atom is -0.327 e. The van der Waals surface area contributed by atoms with Crippen molar-refractivity contribution in [3.63, 3.8) is 0 Å². The van der Waals surface area contributed by atoms with Crippen LogP contribution in [0, 0.1) is 17.8 Å². The predicted octanol–water partition coefficient (Wildman–Crippen LogP) is 2.41. The maximum Gasteiger partial charge on any atom is 0.00930 e.